The first-order valence-corrected chi connectivity index (χ1v) is 7.87. The van der Waals surface area contributed by atoms with E-state index in [1.807, 2.05) is 22.6 Å². The SMILES string of the molecule is C#CCSCCNC(=O)Nc1ccc(I)cc1C(=O)O. The molecule has 0 atom stereocenters. The molecule has 0 aromatic heterocycles. The molecule has 0 aliphatic rings. The Morgan fingerprint density at radius 2 is 2.20 bits per heavy atom. The van der Waals surface area contributed by atoms with E-state index in [-0.39, 0.29) is 11.3 Å². The fourth-order valence-electron chi connectivity index (χ4n) is 1.34. The molecule has 1 aromatic carbocycles. The van der Waals surface area contributed by atoms with Crippen LogP contribution in [0, 0.1) is 15.9 Å². The number of rotatable bonds is 6. The number of nitrogens with one attached hydrogen (secondary N) is 2. The van der Waals surface area contributed by atoms with Crippen LogP contribution in [0.15, 0.2) is 18.2 Å². The molecule has 0 unspecified atom stereocenters. The van der Waals surface area contributed by atoms with Crippen molar-refractivity contribution in [2.75, 3.05) is 23.4 Å². The molecule has 0 bridgehead atoms. The fraction of sp³-hybridized carbons (Fsp3) is 0.231. The van der Waals surface area contributed by atoms with Crippen LogP contribution in [0.25, 0.3) is 0 Å². The van der Waals surface area contributed by atoms with E-state index in [1.165, 1.54) is 17.8 Å². The van der Waals surface area contributed by atoms with Crippen LogP contribution in [0.5, 0.6) is 0 Å². The van der Waals surface area contributed by atoms with E-state index >= 15 is 0 Å². The smallest absolute Gasteiger partial charge is 0.337 e. The molecule has 7 heteroatoms. The maximum Gasteiger partial charge on any atom is 0.337 e. The second-order valence-corrected chi connectivity index (χ2v) is 5.98. The van der Waals surface area contributed by atoms with Crippen molar-refractivity contribution in [2.24, 2.45) is 0 Å². The summed E-state index contributed by atoms with van der Waals surface area (Å²) < 4.78 is 0.789. The first-order valence-electron chi connectivity index (χ1n) is 5.63. The number of halogens is 1. The van der Waals surface area contributed by atoms with Crippen molar-refractivity contribution < 1.29 is 14.7 Å². The van der Waals surface area contributed by atoms with Crippen LogP contribution in [-0.4, -0.2) is 35.2 Å². The predicted molar refractivity (Wildman–Crippen MR) is 89.3 cm³/mol. The monoisotopic (exact) mass is 404 g/mol. The third-order valence-electron chi connectivity index (χ3n) is 2.18. The minimum Gasteiger partial charge on any atom is -0.478 e. The van der Waals surface area contributed by atoms with Gasteiger partial charge in [-0.05, 0) is 40.8 Å². The number of amides is 2. The summed E-state index contributed by atoms with van der Waals surface area (Å²) in [6.07, 6.45) is 5.10. The lowest BCUT2D eigenvalue weighted by atomic mass is 10.2. The zero-order chi connectivity index (χ0) is 15.0. The summed E-state index contributed by atoms with van der Waals surface area (Å²) in [4.78, 5) is 22.7. The summed E-state index contributed by atoms with van der Waals surface area (Å²) >= 11 is 3.55. The van der Waals surface area contributed by atoms with Gasteiger partial charge < -0.3 is 15.7 Å². The number of carboxylic acid groups (broad SMARTS) is 1. The van der Waals surface area contributed by atoms with Crippen LogP contribution < -0.4 is 10.6 Å². The van der Waals surface area contributed by atoms with Crippen molar-refractivity contribution in [1.82, 2.24) is 5.32 Å². The zero-order valence-corrected chi connectivity index (χ0v) is 13.5. The molecule has 5 nitrogen and oxygen atoms in total. The lowest BCUT2D eigenvalue weighted by molar-refractivity contribution is 0.0698. The molecule has 0 spiro atoms. The number of carbonyl (C=O) groups is 2. The number of thioether (sulfide) groups is 1. The maximum absolute atomic E-state index is 11.6. The Morgan fingerprint density at radius 3 is 2.85 bits per heavy atom. The third kappa shape index (κ3) is 5.71. The van der Waals surface area contributed by atoms with Crippen LogP contribution in [0.2, 0.25) is 0 Å². The molecule has 2 amide bonds. The van der Waals surface area contributed by atoms with Gasteiger partial charge in [-0.2, -0.15) is 0 Å². The number of urea groups is 1. The molecule has 0 fully saturated rings. The number of anilines is 1. The first kappa shape index (κ1) is 16.7. The van der Waals surface area contributed by atoms with Gasteiger partial charge >= 0.3 is 12.0 Å². The lowest BCUT2D eigenvalue weighted by Gasteiger charge is -2.10. The molecule has 0 radical (unpaired) electrons. The van der Waals surface area contributed by atoms with Crippen molar-refractivity contribution in [3.8, 4) is 12.3 Å². The summed E-state index contributed by atoms with van der Waals surface area (Å²) in [6, 6.07) is 4.36. The molecular formula is C13H13IN2O3S. The number of hydrogen-bond acceptors (Lipinski definition) is 3. The minimum atomic E-state index is -1.08. The van der Waals surface area contributed by atoms with Gasteiger partial charge in [0.15, 0.2) is 0 Å². The summed E-state index contributed by atoms with van der Waals surface area (Å²) in [5, 5.41) is 14.2. The second kappa shape index (κ2) is 8.71. The second-order valence-electron chi connectivity index (χ2n) is 3.63. The average molecular weight is 404 g/mol. The van der Waals surface area contributed by atoms with E-state index in [9.17, 15) is 9.59 Å². The fourth-order valence-corrected chi connectivity index (χ4v) is 2.34. The number of terminal acetylenes is 1. The van der Waals surface area contributed by atoms with Crippen LogP contribution in [0.1, 0.15) is 10.4 Å². The average Bonchev–Trinajstić information content (AvgIpc) is 2.40. The van der Waals surface area contributed by atoms with Crippen LogP contribution in [0.3, 0.4) is 0 Å². The van der Waals surface area contributed by atoms with E-state index in [4.69, 9.17) is 11.5 Å². The maximum atomic E-state index is 11.6. The molecular weight excluding hydrogens is 391 g/mol. The van der Waals surface area contributed by atoms with Crippen LogP contribution in [-0.2, 0) is 0 Å². The first-order chi connectivity index (χ1) is 9.54. The lowest BCUT2D eigenvalue weighted by Crippen LogP contribution is -2.31. The molecule has 106 valence electrons. The van der Waals surface area contributed by atoms with Gasteiger partial charge in [0.2, 0.25) is 0 Å². The van der Waals surface area contributed by atoms with Gasteiger partial charge in [0.05, 0.1) is 17.0 Å². The highest BCUT2D eigenvalue weighted by atomic mass is 127. The third-order valence-corrected chi connectivity index (χ3v) is 3.71. The topological polar surface area (TPSA) is 78.4 Å². The molecule has 1 rings (SSSR count). The van der Waals surface area contributed by atoms with Gasteiger partial charge in [-0.15, -0.1) is 18.2 Å². The van der Waals surface area contributed by atoms with Crippen LogP contribution >= 0.6 is 34.4 Å². The normalized spacial score (nSPS) is 9.60. The largest absolute Gasteiger partial charge is 0.478 e. The van der Waals surface area contributed by atoms with E-state index in [0.29, 0.717) is 18.1 Å². The molecule has 0 aliphatic heterocycles. The molecule has 1 aromatic rings. The van der Waals surface area contributed by atoms with Crippen molar-refractivity contribution >= 4 is 52.0 Å². The highest BCUT2D eigenvalue weighted by Gasteiger charge is 2.12. The Labute approximate surface area is 135 Å². The summed E-state index contributed by atoms with van der Waals surface area (Å²) in [5.74, 6) is 2.71. The Hall–Kier alpha value is -1.40. The van der Waals surface area contributed by atoms with E-state index in [1.54, 1.807) is 12.1 Å². The van der Waals surface area contributed by atoms with Gasteiger partial charge in [-0.25, -0.2) is 9.59 Å². The zero-order valence-electron chi connectivity index (χ0n) is 10.5. The molecule has 3 N–H and O–H groups in total. The number of hydrogen-bond donors (Lipinski definition) is 3. The van der Waals surface area contributed by atoms with Gasteiger partial charge in [-0.3, -0.25) is 0 Å². The standard InChI is InChI=1S/C13H13IN2O3S/c1-2-6-20-7-5-15-13(19)16-11-4-3-9(14)8-10(11)12(17)18/h1,3-4,8H,5-7H2,(H,17,18)(H2,15,16,19). The highest BCUT2D eigenvalue weighted by molar-refractivity contribution is 14.1. The Balaban J connectivity index is 2.54. The van der Waals surface area contributed by atoms with Crippen molar-refractivity contribution in [2.45, 2.75) is 0 Å². The number of carboxylic acids is 1. The number of aromatic carboxylic acids is 1. The van der Waals surface area contributed by atoms with Crippen molar-refractivity contribution in [3.63, 3.8) is 0 Å². The number of benzene rings is 1. The van der Waals surface area contributed by atoms with Crippen LogP contribution in [0.4, 0.5) is 10.5 Å². The summed E-state index contributed by atoms with van der Waals surface area (Å²) in [6.45, 7) is 0.463. The van der Waals surface area contributed by atoms with Gasteiger partial charge in [0.1, 0.15) is 0 Å². The van der Waals surface area contributed by atoms with Crippen molar-refractivity contribution in [3.05, 3.63) is 27.3 Å². The summed E-state index contributed by atoms with van der Waals surface area (Å²) in [5.41, 5.74) is 0.334. The van der Waals surface area contributed by atoms with E-state index < -0.39 is 12.0 Å². The Bertz CT molecular complexity index is 543. The Kier molecular flexibility index (Phi) is 7.25. The minimum absolute atomic E-state index is 0.0637. The van der Waals surface area contributed by atoms with Gasteiger partial charge in [-0.1, -0.05) is 5.92 Å². The summed E-state index contributed by atoms with van der Waals surface area (Å²) in [7, 11) is 0. The highest BCUT2D eigenvalue weighted by Crippen LogP contribution is 2.18. The van der Waals surface area contributed by atoms with Crippen molar-refractivity contribution in [1.29, 1.82) is 0 Å². The predicted octanol–water partition coefficient (Wildman–Crippen LogP) is 2.48. The molecule has 20 heavy (non-hydrogen) atoms. The molecule has 0 saturated carbocycles. The molecule has 0 aliphatic carbocycles. The van der Waals surface area contributed by atoms with E-state index in [0.717, 1.165) is 3.57 Å². The molecule has 0 saturated heterocycles. The van der Waals surface area contributed by atoms with E-state index in [2.05, 4.69) is 16.6 Å². The Morgan fingerprint density at radius 1 is 1.45 bits per heavy atom. The molecule has 0 heterocycles. The number of carbonyl (C=O) groups excluding carboxylic acids is 1. The quantitative estimate of drug-likeness (QED) is 0.387. The van der Waals surface area contributed by atoms with Gasteiger partial charge in [0, 0.05) is 15.9 Å². The van der Waals surface area contributed by atoms with Gasteiger partial charge in [0.25, 0.3) is 0 Å².